The van der Waals surface area contributed by atoms with Crippen molar-refractivity contribution < 1.29 is 0 Å². The Morgan fingerprint density at radius 3 is 2.53 bits per heavy atom. The molecule has 0 amide bonds. The molecule has 0 saturated heterocycles. The lowest BCUT2D eigenvalue weighted by atomic mass is 9.98. The van der Waals surface area contributed by atoms with Gasteiger partial charge in [0.15, 0.2) is 0 Å². The van der Waals surface area contributed by atoms with Crippen LogP contribution in [0.5, 0.6) is 0 Å². The molecule has 2 nitrogen and oxygen atoms in total. The van der Waals surface area contributed by atoms with E-state index in [1.54, 1.807) is 0 Å². The molecule has 2 heterocycles. The summed E-state index contributed by atoms with van der Waals surface area (Å²) in [5.41, 5.74) is 0.152. The second-order valence-electron chi connectivity index (χ2n) is 5.93. The standard InChI is InChI=1S/C15H22N2S2/c1-10-6-7-13(18-10)11(2)16-8-12-9-17-14(19-12)15(3,4)5/h6-7,9,11,16H,8H2,1-5H3. The van der Waals surface area contributed by atoms with E-state index in [9.17, 15) is 0 Å². The van der Waals surface area contributed by atoms with Crippen LogP contribution in [0.2, 0.25) is 0 Å². The lowest BCUT2D eigenvalue weighted by Crippen LogP contribution is -2.16. The lowest BCUT2D eigenvalue weighted by molar-refractivity contribution is 0.584. The number of thiophene rings is 1. The van der Waals surface area contributed by atoms with E-state index in [4.69, 9.17) is 0 Å². The molecule has 2 rings (SSSR count). The van der Waals surface area contributed by atoms with Crippen LogP contribution in [-0.2, 0) is 12.0 Å². The van der Waals surface area contributed by atoms with Crippen LogP contribution in [0.4, 0.5) is 0 Å². The van der Waals surface area contributed by atoms with Gasteiger partial charge in [0.25, 0.3) is 0 Å². The molecule has 0 radical (unpaired) electrons. The molecule has 0 saturated carbocycles. The molecule has 0 aliphatic carbocycles. The van der Waals surface area contributed by atoms with Gasteiger partial charge in [-0.25, -0.2) is 4.98 Å². The Hall–Kier alpha value is -0.710. The lowest BCUT2D eigenvalue weighted by Gasteiger charge is -2.13. The first-order valence-corrected chi connectivity index (χ1v) is 8.24. The van der Waals surface area contributed by atoms with Gasteiger partial charge in [0.2, 0.25) is 0 Å². The third-order valence-corrected chi connectivity index (χ3v) is 5.57. The first kappa shape index (κ1) is 14.7. The van der Waals surface area contributed by atoms with Crippen LogP contribution in [0.3, 0.4) is 0 Å². The fourth-order valence-corrected chi connectivity index (χ4v) is 3.60. The number of aromatic nitrogens is 1. The van der Waals surface area contributed by atoms with Gasteiger partial charge in [-0.2, -0.15) is 0 Å². The Bertz CT molecular complexity index is 534. The van der Waals surface area contributed by atoms with Crippen molar-refractivity contribution in [3.05, 3.63) is 38.0 Å². The number of nitrogens with zero attached hydrogens (tertiary/aromatic N) is 1. The summed E-state index contributed by atoms with van der Waals surface area (Å²) in [4.78, 5) is 8.61. The molecular formula is C15H22N2S2. The van der Waals surface area contributed by atoms with Gasteiger partial charge in [-0.1, -0.05) is 20.8 Å². The molecule has 0 aliphatic rings. The van der Waals surface area contributed by atoms with Gasteiger partial charge in [-0.3, -0.25) is 0 Å². The number of nitrogens with one attached hydrogen (secondary N) is 1. The highest BCUT2D eigenvalue weighted by Crippen LogP contribution is 2.27. The third-order valence-electron chi connectivity index (χ3n) is 2.97. The average molecular weight is 294 g/mol. The van der Waals surface area contributed by atoms with Crippen molar-refractivity contribution in [1.82, 2.24) is 10.3 Å². The van der Waals surface area contributed by atoms with Crippen LogP contribution in [0.1, 0.15) is 53.4 Å². The normalized spacial score (nSPS) is 13.7. The van der Waals surface area contributed by atoms with E-state index in [1.165, 1.54) is 19.6 Å². The predicted molar refractivity (Wildman–Crippen MR) is 85.1 cm³/mol. The van der Waals surface area contributed by atoms with E-state index in [-0.39, 0.29) is 5.41 Å². The van der Waals surface area contributed by atoms with E-state index in [0.29, 0.717) is 6.04 Å². The Morgan fingerprint density at radius 2 is 2.00 bits per heavy atom. The highest BCUT2D eigenvalue weighted by atomic mass is 32.1. The highest BCUT2D eigenvalue weighted by molar-refractivity contribution is 7.12. The fraction of sp³-hybridized carbons (Fsp3) is 0.533. The Balaban J connectivity index is 1.94. The maximum atomic E-state index is 4.52. The van der Waals surface area contributed by atoms with Crippen LogP contribution >= 0.6 is 22.7 Å². The number of rotatable bonds is 4. The topological polar surface area (TPSA) is 24.9 Å². The summed E-state index contributed by atoms with van der Waals surface area (Å²) in [5, 5.41) is 4.79. The zero-order valence-corrected chi connectivity index (χ0v) is 13.9. The van der Waals surface area contributed by atoms with Crippen molar-refractivity contribution in [1.29, 1.82) is 0 Å². The minimum Gasteiger partial charge on any atom is -0.304 e. The molecule has 0 aromatic carbocycles. The van der Waals surface area contributed by atoms with E-state index in [0.717, 1.165) is 6.54 Å². The van der Waals surface area contributed by atoms with E-state index < -0.39 is 0 Å². The molecule has 4 heteroatoms. The average Bonchev–Trinajstić information content (AvgIpc) is 2.93. The van der Waals surface area contributed by atoms with E-state index in [1.807, 2.05) is 28.9 Å². The molecule has 0 aliphatic heterocycles. The number of hydrogen-bond donors (Lipinski definition) is 1. The molecule has 1 N–H and O–H groups in total. The molecule has 2 aromatic heterocycles. The van der Waals surface area contributed by atoms with Gasteiger partial charge in [0.05, 0.1) is 5.01 Å². The van der Waals surface area contributed by atoms with Gasteiger partial charge in [0, 0.05) is 38.8 Å². The molecule has 0 fully saturated rings. The van der Waals surface area contributed by atoms with Gasteiger partial charge in [-0.15, -0.1) is 22.7 Å². The van der Waals surface area contributed by atoms with Crippen molar-refractivity contribution in [3.8, 4) is 0 Å². The second kappa shape index (κ2) is 5.73. The van der Waals surface area contributed by atoms with E-state index >= 15 is 0 Å². The minimum atomic E-state index is 0.152. The quantitative estimate of drug-likeness (QED) is 0.887. The van der Waals surface area contributed by atoms with Crippen LogP contribution in [-0.4, -0.2) is 4.98 Å². The van der Waals surface area contributed by atoms with Crippen molar-refractivity contribution in [3.63, 3.8) is 0 Å². The summed E-state index contributed by atoms with van der Waals surface area (Å²) in [6.07, 6.45) is 2.00. The van der Waals surface area contributed by atoms with E-state index in [2.05, 4.69) is 57.1 Å². The fourth-order valence-electron chi connectivity index (χ4n) is 1.78. The van der Waals surface area contributed by atoms with Crippen molar-refractivity contribution >= 4 is 22.7 Å². The van der Waals surface area contributed by atoms with Crippen LogP contribution in [0.15, 0.2) is 18.3 Å². The molecule has 19 heavy (non-hydrogen) atoms. The smallest absolute Gasteiger partial charge is 0.0981 e. The number of thiazole rings is 1. The van der Waals surface area contributed by atoms with Crippen molar-refractivity contribution in [2.75, 3.05) is 0 Å². The van der Waals surface area contributed by atoms with Crippen LogP contribution in [0, 0.1) is 6.92 Å². The zero-order valence-electron chi connectivity index (χ0n) is 12.3. The molecule has 2 aromatic rings. The SMILES string of the molecule is Cc1ccc(C(C)NCc2cnc(C(C)(C)C)s2)s1. The first-order chi connectivity index (χ1) is 8.86. The predicted octanol–water partition coefficient (Wildman–Crippen LogP) is 4.66. The van der Waals surface area contributed by atoms with Crippen LogP contribution in [0.25, 0.3) is 0 Å². The Labute approximate surface area is 123 Å². The highest BCUT2D eigenvalue weighted by Gasteiger charge is 2.18. The first-order valence-electron chi connectivity index (χ1n) is 6.61. The third kappa shape index (κ3) is 3.88. The molecule has 1 unspecified atom stereocenters. The maximum Gasteiger partial charge on any atom is 0.0981 e. The summed E-state index contributed by atoms with van der Waals surface area (Å²) in [6.45, 7) is 11.9. The molecule has 104 valence electrons. The molecule has 0 spiro atoms. The van der Waals surface area contributed by atoms with Gasteiger partial charge >= 0.3 is 0 Å². The van der Waals surface area contributed by atoms with Crippen molar-refractivity contribution in [2.45, 2.75) is 52.6 Å². The van der Waals surface area contributed by atoms with Gasteiger partial charge < -0.3 is 5.32 Å². The number of hydrogen-bond acceptors (Lipinski definition) is 4. The van der Waals surface area contributed by atoms with Crippen molar-refractivity contribution in [2.24, 2.45) is 0 Å². The Morgan fingerprint density at radius 1 is 1.26 bits per heavy atom. The summed E-state index contributed by atoms with van der Waals surface area (Å²) in [5.74, 6) is 0. The zero-order chi connectivity index (χ0) is 14.0. The summed E-state index contributed by atoms with van der Waals surface area (Å²) in [7, 11) is 0. The number of aryl methyl sites for hydroxylation is 1. The largest absolute Gasteiger partial charge is 0.304 e. The molecular weight excluding hydrogens is 272 g/mol. The minimum absolute atomic E-state index is 0.152. The summed E-state index contributed by atoms with van der Waals surface area (Å²) >= 11 is 3.68. The van der Waals surface area contributed by atoms with Gasteiger partial charge in [-0.05, 0) is 26.0 Å². The van der Waals surface area contributed by atoms with Crippen LogP contribution < -0.4 is 5.32 Å². The molecule has 0 bridgehead atoms. The maximum absolute atomic E-state index is 4.52. The summed E-state index contributed by atoms with van der Waals surface area (Å²) < 4.78 is 0. The monoisotopic (exact) mass is 294 g/mol. The summed E-state index contributed by atoms with van der Waals surface area (Å²) in [6, 6.07) is 4.80. The van der Waals surface area contributed by atoms with Gasteiger partial charge in [0.1, 0.15) is 0 Å². The second-order valence-corrected chi connectivity index (χ2v) is 8.37. The molecule has 1 atom stereocenters. The Kier molecular flexibility index (Phi) is 4.43.